The van der Waals surface area contributed by atoms with Crippen LogP contribution in [0.5, 0.6) is 0 Å². The number of rotatable bonds is 5. The Balaban J connectivity index is 1.33. The molecule has 3 aromatic rings. The van der Waals surface area contributed by atoms with Gasteiger partial charge >= 0.3 is 0 Å². The smallest absolute Gasteiger partial charge is 0.124 e. The van der Waals surface area contributed by atoms with Gasteiger partial charge in [-0.15, -0.1) is 0 Å². The third kappa shape index (κ3) is 5.22. The summed E-state index contributed by atoms with van der Waals surface area (Å²) in [7, 11) is 0. The molecule has 178 valence electrons. The molecule has 34 heavy (non-hydrogen) atoms. The topological polar surface area (TPSA) is 6.48 Å². The van der Waals surface area contributed by atoms with Crippen LogP contribution in [0, 0.1) is 11.6 Å². The van der Waals surface area contributed by atoms with Crippen molar-refractivity contribution in [3.63, 3.8) is 0 Å². The Morgan fingerprint density at radius 2 is 1.59 bits per heavy atom. The molecular weight excluding hydrogens is 446 g/mol. The molecular formula is C29H32F2N2S. The predicted molar refractivity (Wildman–Crippen MR) is 136 cm³/mol. The molecule has 5 heteroatoms. The van der Waals surface area contributed by atoms with Crippen LogP contribution in [0.25, 0.3) is 0 Å². The second kappa shape index (κ2) is 10.2. The van der Waals surface area contributed by atoms with E-state index >= 15 is 0 Å². The quantitative estimate of drug-likeness (QED) is 0.403. The molecule has 0 aliphatic carbocycles. The van der Waals surface area contributed by atoms with Crippen molar-refractivity contribution in [2.45, 2.75) is 48.4 Å². The molecule has 0 bridgehead atoms. The molecule has 0 radical (unpaired) electrons. The lowest BCUT2D eigenvalue weighted by Crippen LogP contribution is -2.48. The van der Waals surface area contributed by atoms with Crippen molar-refractivity contribution < 1.29 is 8.78 Å². The zero-order valence-corrected chi connectivity index (χ0v) is 20.8. The van der Waals surface area contributed by atoms with E-state index in [0.29, 0.717) is 12.0 Å². The fourth-order valence-electron chi connectivity index (χ4n) is 5.07. The van der Waals surface area contributed by atoms with Gasteiger partial charge in [0.25, 0.3) is 0 Å². The number of hydrogen-bond donors (Lipinski definition) is 0. The van der Waals surface area contributed by atoms with E-state index in [1.54, 1.807) is 36.0 Å². The Labute approximate surface area is 206 Å². The maximum atomic E-state index is 14.0. The molecule has 0 spiro atoms. The van der Waals surface area contributed by atoms with Crippen LogP contribution in [-0.2, 0) is 12.8 Å². The summed E-state index contributed by atoms with van der Waals surface area (Å²) in [6, 6.07) is 19.3. The van der Waals surface area contributed by atoms with Crippen molar-refractivity contribution >= 4 is 11.8 Å². The van der Waals surface area contributed by atoms with E-state index in [-0.39, 0.29) is 11.6 Å². The molecule has 3 aromatic carbocycles. The summed E-state index contributed by atoms with van der Waals surface area (Å²) >= 11 is 1.71. The fourth-order valence-corrected chi connectivity index (χ4v) is 6.21. The Morgan fingerprint density at radius 1 is 0.853 bits per heavy atom. The van der Waals surface area contributed by atoms with E-state index in [2.05, 4.69) is 41.8 Å². The molecule has 2 nitrogen and oxygen atoms in total. The minimum Gasteiger partial charge on any atom is -0.300 e. The van der Waals surface area contributed by atoms with Gasteiger partial charge in [0, 0.05) is 48.6 Å². The molecule has 1 atom stereocenters. The van der Waals surface area contributed by atoms with Crippen LogP contribution in [0.4, 0.5) is 8.78 Å². The molecule has 0 saturated carbocycles. The summed E-state index contributed by atoms with van der Waals surface area (Å²) in [5, 5.41) is 0. The maximum absolute atomic E-state index is 14.0. The summed E-state index contributed by atoms with van der Waals surface area (Å²) in [6.07, 6.45) is 1.85. The van der Waals surface area contributed by atoms with E-state index in [0.717, 1.165) is 50.5 Å². The van der Waals surface area contributed by atoms with Crippen molar-refractivity contribution in [1.29, 1.82) is 0 Å². The highest BCUT2D eigenvalue weighted by Gasteiger charge is 2.30. The summed E-state index contributed by atoms with van der Waals surface area (Å²) in [6.45, 7) is 9.56. The highest BCUT2D eigenvalue weighted by Crippen LogP contribution is 2.44. The van der Waals surface area contributed by atoms with Gasteiger partial charge in [-0.3, -0.25) is 4.90 Å². The number of benzene rings is 3. The zero-order chi connectivity index (χ0) is 23.7. The minimum absolute atomic E-state index is 0.167. The molecule has 0 amide bonds. The summed E-state index contributed by atoms with van der Waals surface area (Å²) in [4.78, 5) is 7.42. The average molecular weight is 479 g/mol. The van der Waals surface area contributed by atoms with Crippen LogP contribution in [0.1, 0.15) is 48.1 Å². The minimum atomic E-state index is -0.177. The molecule has 2 heterocycles. The Kier molecular flexibility index (Phi) is 7.05. The van der Waals surface area contributed by atoms with Crippen LogP contribution >= 0.6 is 11.8 Å². The van der Waals surface area contributed by atoms with Crippen LogP contribution in [-0.4, -0.2) is 42.5 Å². The Morgan fingerprint density at radius 3 is 2.32 bits per heavy atom. The molecule has 0 N–H and O–H groups in total. The van der Waals surface area contributed by atoms with Gasteiger partial charge in [0.15, 0.2) is 0 Å². The second-order valence-corrected chi connectivity index (χ2v) is 10.9. The standard InChI is InChI=1S/C29H32F2N2S/c1-20(2)22-6-10-28-26(17-22)27(18-23-5-9-25(31)19-29(23)34-28)33-15-13-32(14-16-33)12-11-21-3-7-24(30)8-4-21/h3-10,17,19-20,27H,11-16,18H2,1-2H3/t27-/m1/s1. The highest BCUT2D eigenvalue weighted by molar-refractivity contribution is 7.99. The molecule has 1 fully saturated rings. The van der Waals surface area contributed by atoms with E-state index in [4.69, 9.17) is 0 Å². The lowest BCUT2D eigenvalue weighted by Gasteiger charge is -2.40. The summed E-state index contributed by atoms with van der Waals surface area (Å²) in [5.41, 5.74) is 5.16. The average Bonchev–Trinajstić information content (AvgIpc) is 3.00. The highest BCUT2D eigenvalue weighted by atomic mass is 32.2. The number of fused-ring (bicyclic) bond motifs is 2. The third-order valence-electron chi connectivity index (χ3n) is 7.20. The lowest BCUT2D eigenvalue weighted by atomic mass is 9.93. The first-order valence-corrected chi connectivity index (χ1v) is 13.1. The van der Waals surface area contributed by atoms with Crippen LogP contribution in [0.2, 0.25) is 0 Å². The number of piperazine rings is 1. The Hall–Kier alpha value is -2.21. The van der Waals surface area contributed by atoms with Crippen molar-refractivity contribution in [2.24, 2.45) is 0 Å². The lowest BCUT2D eigenvalue weighted by molar-refractivity contribution is 0.0950. The third-order valence-corrected chi connectivity index (χ3v) is 8.39. The molecule has 5 rings (SSSR count). The molecule has 0 aromatic heterocycles. The maximum Gasteiger partial charge on any atom is 0.124 e. The van der Waals surface area contributed by atoms with Gasteiger partial charge in [-0.2, -0.15) is 0 Å². The van der Waals surface area contributed by atoms with Crippen LogP contribution < -0.4 is 0 Å². The van der Waals surface area contributed by atoms with Crippen LogP contribution in [0.15, 0.2) is 70.5 Å². The van der Waals surface area contributed by atoms with Crippen molar-refractivity contribution in [1.82, 2.24) is 9.80 Å². The van der Waals surface area contributed by atoms with Crippen molar-refractivity contribution in [2.75, 3.05) is 32.7 Å². The first-order chi connectivity index (χ1) is 16.5. The van der Waals surface area contributed by atoms with Gasteiger partial charge in [-0.25, -0.2) is 8.78 Å². The van der Waals surface area contributed by atoms with Gasteiger partial charge in [0.05, 0.1) is 0 Å². The van der Waals surface area contributed by atoms with Crippen molar-refractivity contribution in [3.05, 3.63) is 94.6 Å². The Bertz CT molecular complexity index is 1140. The van der Waals surface area contributed by atoms with E-state index in [9.17, 15) is 8.78 Å². The van der Waals surface area contributed by atoms with Gasteiger partial charge in [-0.05, 0) is 71.3 Å². The normalized spacial score (nSPS) is 19.0. The molecule has 1 saturated heterocycles. The summed E-state index contributed by atoms with van der Waals surface area (Å²) in [5.74, 6) is 0.131. The van der Waals surface area contributed by atoms with Crippen molar-refractivity contribution in [3.8, 4) is 0 Å². The van der Waals surface area contributed by atoms with Crippen LogP contribution in [0.3, 0.4) is 0 Å². The molecule has 2 aliphatic rings. The first kappa shape index (κ1) is 23.5. The van der Waals surface area contributed by atoms with Gasteiger partial charge < -0.3 is 4.90 Å². The SMILES string of the molecule is CC(C)c1ccc2c(c1)[C@H](N1CCN(CCc3ccc(F)cc3)CC1)Cc1ccc(F)cc1S2. The monoisotopic (exact) mass is 478 g/mol. The predicted octanol–water partition coefficient (Wildman–Crippen LogP) is 6.70. The van der Waals surface area contributed by atoms with E-state index in [1.807, 2.05) is 18.2 Å². The summed E-state index contributed by atoms with van der Waals surface area (Å²) < 4.78 is 27.2. The first-order valence-electron chi connectivity index (χ1n) is 12.3. The number of nitrogens with zero attached hydrogens (tertiary/aromatic N) is 2. The molecule has 2 aliphatic heterocycles. The zero-order valence-electron chi connectivity index (χ0n) is 19.9. The van der Waals surface area contributed by atoms with Gasteiger partial charge in [-0.1, -0.05) is 55.9 Å². The number of hydrogen-bond acceptors (Lipinski definition) is 3. The number of halogens is 2. The van der Waals surface area contributed by atoms with E-state index < -0.39 is 0 Å². The fraction of sp³-hybridized carbons (Fsp3) is 0.379. The largest absolute Gasteiger partial charge is 0.300 e. The van der Waals surface area contributed by atoms with Gasteiger partial charge in [0.2, 0.25) is 0 Å². The second-order valence-electron chi connectivity index (χ2n) is 9.78. The van der Waals surface area contributed by atoms with Gasteiger partial charge in [0.1, 0.15) is 11.6 Å². The van der Waals surface area contributed by atoms with E-state index in [1.165, 1.54) is 27.1 Å². The molecule has 0 unspecified atom stereocenters.